The van der Waals surface area contributed by atoms with Crippen molar-refractivity contribution < 1.29 is 14.3 Å². The monoisotopic (exact) mass is 380 g/mol. The average Bonchev–Trinajstić information content (AvgIpc) is 2.53. The largest absolute Gasteiger partial charge is 0.496 e. The molecule has 0 saturated heterocycles. The number of carbonyl (C=O) groups is 2. The summed E-state index contributed by atoms with van der Waals surface area (Å²) < 4.78 is 5.47. The highest BCUT2D eigenvalue weighted by Crippen LogP contribution is 2.41. The molecule has 1 saturated carbocycles. The minimum Gasteiger partial charge on any atom is -0.496 e. The van der Waals surface area contributed by atoms with Crippen LogP contribution in [0.25, 0.3) is 0 Å². The van der Waals surface area contributed by atoms with Gasteiger partial charge < -0.3 is 4.74 Å². The Morgan fingerprint density at radius 3 is 2.52 bits per heavy atom. The standard InChI is InChI=1S/C20H25ClO3S/c1-6-14-7-8-16(22)19(20(14)23)18-15(21)11-13(12-17(18)24-2)9-10-25(3,4)5/h11-12,14,19H,6-8H2,1-5H3. The van der Waals surface area contributed by atoms with Crippen LogP contribution in [0, 0.1) is 17.1 Å². The predicted octanol–water partition coefficient (Wildman–Crippen LogP) is 4.39. The smallest absolute Gasteiger partial charge is 0.151 e. The van der Waals surface area contributed by atoms with Gasteiger partial charge in [0.25, 0.3) is 0 Å². The van der Waals surface area contributed by atoms with Crippen molar-refractivity contribution in [1.82, 2.24) is 0 Å². The molecule has 0 heterocycles. The minimum absolute atomic E-state index is 0.0445. The topological polar surface area (TPSA) is 43.4 Å². The minimum atomic E-state index is -0.967. The average molecular weight is 381 g/mol. The van der Waals surface area contributed by atoms with E-state index in [9.17, 15) is 9.59 Å². The van der Waals surface area contributed by atoms with Gasteiger partial charge in [0.15, 0.2) is 5.78 Å². The first kappa shape index (κ1) is 19.9. The van der Waals surface area contributed by atoms with Gasteiger partial charge >= 0.3 is 0 Å². The number of hydrogen-bond donors (Lipinski definition) is 0. The van der Waals surface area contributed by atoms with Gasteiger partial charge in [0.2, 0.25) is 0 Å². The van der Waals surface area contributed by atoms with Gasteiger partial charge in [0.1, 0.15) is 17.5 Å². The summed E-state index contributed by atoms with van der Waals surface area (Å²) in [6.07, 6.45) is 8.10. The first-order valence-electron chi connectivity index (χ1n) is 8.33. The van der Waals surface area contributed by atoms with Crippen LogP contribution in [0.1, 0.15) is 43.2 Å². The fraction of sp³-hybridized carbons (Fsp3) is 0.500. The van der Waals surface area contributed by atoms with Crippen molar-refractivity contribution in [2.24, 2.45) is 5.92 Å². The van der Waals surface area contributed by atoms with Crippen molar-refractivity contribution in [1.29, 1.82) is 0 Å². The lowest BCUT2D eigenvalue weighted by molar-refractivity contribution is -0.135. The Morgan fingerprint density at radius 1 is 1.28 bits per heavy atom. The van der Waals surface area contributed by atoms with Crippen molar-refractivity contribution in [3.8, 4) is 16.9 Å². The number of hydrogen-bond acceptors (Lipinski definition) is 3. The normalized spacial score (nSPS) is 21.5. The molecule has 2 unspecified atom stereocenters. The van der Waals surface area contributed by atoms with Crippen LogP contribution in [-0.2, 0) is 9.59 Å². The van der Waals surface area contributed by atoms with Crippen LogP contribution in [0.5, 0.6) is 5.75 Å². The Balaban J connectivity index is 2.52. The number of ether oxygens (including phenoxy) is 1. The summed E-state index contributed by atoms with van der Waals surface area (Å²) in [5, 5.41) is 3.61. The van der Waals surface area contributed by atoms with Gasteiger partial charge in [-0.25, -0.2) is 0 Å². The van der Waals surface area contributed by atoms with Gasteiger partial charge in [-0.2, -0.15) is 10.0 Å². The Morgan fingerprint density at radius 2 is 1.96 bits per heavy atom. The summed E-state index contributed by atoms with van der Waals surface area (Å²) in [6.45, 7) is 1.97. The van der Waals surface area contributed by atoms with Crippen molar-refractivity contribution in [3.63, 3.8) is 0 Å². The van der Waals surface area contributed by atoms with Crippen LogP contribution in [0.2, 0.25) is 5.02 Å². The van der Waals surface area contributed by atoms with E-state index in [2.05, 4.69) is 29.9 Å². The van der Waals surface area contributed by atoms with E-state index in [1.165, 1.54) is 7.11 Å². The third-order valence-corrected chi connectivity index (χ3v) is 5.37. The molecule has 136 valence electrons. The molecule has 1 aliphatic rings. The van der Waals surface area contributed by atoms with Gasteiger partial charge in [0, 0.05) is 28.5 Å². The molecule has 0 spiro atoms. The molecule has 1 aromatic rings. The lowest BCUT2D eigenvalue weighted by Gasteiger charge is -2.28. The van der Waals surface area contributed by atoms with E-state index in [-0.39, 0.29) is 17.5 Å². The number of ketones is 2. The fourth-order valence-corrected chi connectivity index (χ4v) is 3.78. The maximum Gasteiger partial charge on any atom is 0.151 e. The third kappa shape index (κ3) is 4.59. The van der Waals surface area contributed by atoms with E-state index in [0.29, 0.717) is 29.2 Å². The molecule has 0 bridgehead atoms. The van der Waals surface area contributed by atoms with Gasteiger partial charge in [-0.15, -0.1) is 0 Å². The molecule has 3 nitrogen and oxygen atoms in total. The van der Waals surface area contributed by atoms with Crippen molar-refractivity contribution >= 4 is 33.2 Å². The SMILES string of the molecule is CCC1CCC(=O)C(c2c(Cl)cc(C#CS(C)(C)C)cc2OC)C1=O. The zero-order chi connectivity index (χ0) is 18.8. The Hall–Kier alpha value is -1.44. The number of Topliss-reactive ketones (excluding diaryl/α,β-unsaturated/α-hetero) is 2. The van der Waals surface area contributed by atoms with Crippen molar-refractivity contribution in [2.75, 3.05) is 25.9 Å². The molecule has 5 heteroatoms. The first-order valence-corrected chi connectivity index (χ1v) is 11.6. The van der Waals surface area contributed by atoms with Crippen LogP contribution < -0.4 is 4.74 Å². The van der Waals surface area contributed by atoms with E-state index < -0.39 is 15.9 Å². The molecule has 25 heavy (non-hydrogen) atoms. The second-order valence-corrected chi connectivity index (χ2v) is 11.4. The summed E-state index contributed by atoms with van der Waals surface area (Å²) in [6, 6.07) is 3.50. The van der Waals surface area contributed by atoms with E-state index in [1.807, 2.05) is 6.92 Å². The quantitative estimate of drug-likeness (QED) is 0.576. The zero-order valence-electron chi connectivity index (χ0n) is 15.4. The molecule has 1 aliphatic carbocycles. The number of rotatable bonds is 3. The highest BCUT2D eigenvalue weighted by atomic mass is 35.5. The Labute approximate surface area is 156 Å². The van der Waals surface area contributed by atoms with Crippen LogP contribution in [-0.4, -0.2) is 37.4 Å². The zero-order valence-corrected chi connectivity index (χ0v) is 17.0. The maximum absolute atomic E-state index is 12.8. The summed E-state index contributed by atoms with van der Waals surface area (Å²) >= 11 is 6.47. The van der Waals surface area contributed by atoms with E-state index in [1.54, 1.807) is 12.1 Å². The summed E-state index contributed by atoms with van der Waals surface area (Å²) in [5.41, 5.74) is 1.22. The predicted molar refractivity (Wildman–Crippen MR) is 106 cm³/mol. The van der Waals surface area contributed by atoms with E-state index in [0.717, 1.165) is 12.0 Å². The second kappa shape index (κ2) is 7.85. The van der Waals surface area contributed by atoms with Crippen LogP contribution in [0.3, 0.4) is 0 Å². The molecule has 0 aliphatic heterocycles. The molecule has 1 fully saturated rings. The van der Waals surface area contributed by atoms with Gasteiger partial charge in [0.05, 0.1) is 7.11 Å². The highest BCUT2D eigenvalue weighted by molar-refractivity contribution is 8.35. The van der Waals surface area contributed by atoms with Gasteiger partial charge in [-0.1, -0.05) is 24.4 Å². The van der Waals surface area contributed by atoms with Gasteiger partial charge in [-0.05, 0) is 49.0 Å². The lowest BCUT2D eigenvalue weighted by atomic mass is 9.74. The molecule has 0 amide bonds. The second-order valence-electron chi connectivity index (χ2n) is 7.08. The highest BCUT2D eigenvalue weighted by Gasteiger charge is 2.39. The molecule has 2 atom stereocenters. The molecule has 1 aromatic carbocycles. The molecular formula is C20H25ClO3S. The van der Waals surface area contributed by atoms with E-state index in [4.69, 9.17) is 16.3 Å². The molecular weight excluding hydrogens is 356 g/mol. The summed E-state index contributed by atoms with van der Waals surface area (Å²) in [5.74, 6) is 2.55. The fourth-order valence-electron chi connectivity index (χ4n) is 3.03. The van der Waals surface area contributed by atoms with Gasteiger partial charge in [-0.3, -0.25) is 9.59 Å². The number of halogens is 1. The molecule has 0 radical (unpaired) electrons. The maximum atomic E-state index is 12.8. The van der Waals surface area contributed by atoms with Crippen molar-refractivity contribution in [2.45, 2.75) is 32.1 Å². The summed E-state index contributed by atoms with van der Waals surface area (Å²) in [7, 11) is 0.557. The number of carbonyl (C=O) groups excluding carboxylic acids is 2. The van der Waals surface area contributed by atoms with Crippen LogP contribution in [0.15, 0.2) is 12.1 Å². The summed E-state index contributed by atoms with van der Waals surface area (Å²) in [4.78, 5) is 25.2. The number of methoxy groups -OCH3 is 1. The number of benzene rings is 1. The van der Waals surface area contributed by atoms with Crippen LogP contribution >= 0.6 is 21.6 Å². The first-order chi connectivity index (χ1) is 11.7. The third-order valence-electron chi connectivity index (χ3n) is 4.34. The molecule has 0 N–H and O–H groups in total. The van der Waals surface area contributed by atoms with Crippen molar-refractivity contribution in [3.05, 3.63) is 28.3 Å². The molecule has 0 aromatic heterocycles. The lowest BCUT2D eigenvalue weighted by Crippen LogP contribution is -2.34. The Kier molecular flexibility index (Phi) is 6.24. The van der Waals surface area contributed by atoms with Crippen LogP contribution in [0.4, 0.5) is 0 Å². The molecule has 2 rings (SSSR count). The van der Waals surface area contributed by atoms with E-state index >= 15 is 0 Å². The Bertz CT molecular complexity index is 753.